The van der Waals surface area contributed by atoms with Crippen molar-refractivity contribution in [2.45, 2.75) is 24.2 Å². The van der Waals surface area contributed by atoms with Gasteiger partial charge in [0.15, 0.2) is 0 Å². The first-order chi connectivity index (χ1) is 14.7. The van der Waals surface area contributed by atoms with Gasteiger partial charge in [-0.05, 0) is 42.3 Å². The number of carbonyl (C=O) groups excluding carboxylic acids is 2. The lowest BCUT2D eigenvalue weighted by Gasteiger charge is -2.11. The SMILES string of the molecule is CN1CCCC1=NS(=O)(=O)c1cccc(NC(=O)CNC(=O)Cc2cccc(F)c2)c1. The van der Waals surface area contributed by atoms with E-state index < -0.39 is 27.7 Å². The second-order valence-electron chi connectivity index (χ2n) is 7.17. The van der Waals surface area contributed by atoms with E-state index in [1.54, 1.807) is 24.1 Å². The van der Waals surface area contributed by atoms with Gasteiger partial charge in [0.2, 0.25) is 11.8 Å². The molecule has 10 heteroatoms. The minimum absolute atomic E-state index is 0.0340. The average molecular weight is 447 g/mol. The van der Waals surface area contributed by atoms with Gasteiger partial charge in [-0.3, -0.25) is 9.59 Å². The molecular weight excluding hydrogens is 423 g/mol. The van der Waals surface area contributed by atoms with E-state index in [2.05, 4.69) is 15.0 Å². The number of amides is 2. The first kappa shape index (κ1) is 22.4. The number of benzene rings is 2. The van der Waals surface area contributed by atoms with Crippen LogP contribution in [0.15, 0.2) is 57.8 Å². The van der Waals surface area contributed by atoms with Crippen molar-refractivity contribution in [3.8, 4) is 0 Å². The van der Waals surface area contributed by atoms with Crippen LogP contribution >= 0.6 is 0 Å². The molecule has 3 rings (SSSR count). The highest BCUT2D eigenvalue weighted by Gasteiger charge is 2.20. The first-order valence-electron chi connectivity index (χ1n) is 9.69. The topological polar surface area (TPSA) is 108 Å². The molecule has 1 saturated heterocycles. The highest BCUT2D eigenvalue weighted by Crippen LogP contribution is 2.20. The Balaban J connectivity index is 1.57. The molecule has 2 N–H and O–H groups in total. The number of rotatable bonds is 7. The smallest absolute Gasteiger partial charge is 0.284 e. The second kappa shape index (κ2) is 9.69. The Morgan fingerprint density at radius 3 is 2.61 bits per heavy atom. The third-order valence-corrected chi connectivity index (χ3v) is 5.98. The van der Waals surface area contributed by atoms with Gasteiger partial charge >= 0.3 is 0 Å². The zero-order valence-corrected chi connectivity index (χ0v) is 17.8. The molecule has 2 aromatic carbocycles. The van der Waals surface area contributed by atoms with Gasteiger partial charge in [-0.2, -0.15) is 8.42 Å². The van der Waals surface area contributed by atoms with Crippen molar-refractivity contribution >= 4 is 33.4 Å². The molecule has 0 aromatic heterocycles. The molecule has 0 bridgehead atoms. The highest BCUT2D eigenvalue weighted by atomic mass is 32.2. The molecule has 0 aliphatic carbocycles. The van der Waals surface area contributed by atoms with Crippen molar-refractivity contribution in [1.82, 2.24) is 10.2 Å². The van der Waals surface area contributed by atoms with E-state index >= 15 is 0 Å². The van der Waals surface area contributed by atoms with E-state index in [0.29, 0.717) is 17.8 Å². The molecule has 0 saturated carbocycles. The van der Waals surface area contributed by atoms with Crippen LogP contribution in [-0.4, -0.2) is 51.1 Å². The standard InChI is InChI=1S/C21H23FN4O4S/c1-26-10-4-9-19(26)25-31(29,30)18-8-3-7-17(13-18)24-21(28)14-23-20(27)12-15-5-2-6-16(22)11-15/h2-3,5-8,11,13H,4,9-10,12,14H2,1H3,(H,23,27)(H,24,28). The Morgan fingerprint density at radius 1 is 1.13 bits per heavy atom. The lowest BCUT2D eigenvalue weighted by atomic mass is 10.1. The maximum Gasteiger partial charge on any atom is 0.284 e. The van der Waals surface area contributed by atoms with Crippen molar-refractivity contribution < 1.29 is 22.4 Å². The van der Waals surface area contributed by atoms with E-state index in [1.165, 1.54) is 36.4 Å². The summed E-state index contributed by atoms with van der Waals surface area (Å²) in [6, 6.07) is 11.4. The minimum Gasteiger partial charge on any atom is -0.362 e. The van der Waals surface area contributed by atoms with Crippen LogP contribution in [0.3, 0.4) is 0 Å². The van der Waals surface area contributed by atoms with Crippen LogP contribution in [0, 0.1) is 5.82 Å². The number of anilines is 1. The zero-order chi connectivity index (χ0) is 22.4. The van der Waals surface area contributed by atoms with Crippen molar-refractivity contribution in [2.75, 3.05) is 25.5 Å². The molecular formula is C21H23FN4O4S. The van der Waals surface area contributed by atoms with Gasteiger partial charge in [-0.1, -0.05) is 18.2 Å². The van der Waals surface area contributed by atoms with E-state index in [0.717, 1.165) is 13.0 Å². The minimum atomic E-state index is -3.90. The van der Waals surface area contributed by atoms with Crippen LogP contribution in [0.4, 0.5) is 10.1 Å². The van der Waals surface area contributed by atoms with Crippen molar-refractivity contribution in [1.29, 1.82) is 0 Å². The van der Waals surface area contributed by atoms with Gasteiger partial charge in [0.05, 0.1) is 17.9 Å². The van der Waals surface area contributed by atoms with Gasteiger partial charge < -0.3 is 15.5 Å². The molecule has 164 valence electrons. The molecule has 0 atom stereocenters. The summed E-state index contributed by atoms with van der Waals surface area (Å²) in [7, 11) is -2.11. The molecule has 8 nitrogen and oxygen atoms in total. The summed E-state index contributed by atoms with van der Waals surface area (Å²) in [5, 5.41) is 5.00. The number of likely N-dealkylation sites (tertiary alicyclic amines) is 1. The van der Waals surface area contributed by atoms with Crippen LogP contribution in [0.2, 0.25) is 0 Å². The molecule has 31 heavy (non-hydrogen) atoms. The summed E-state index contributed by atoms with van der Waals surface area (Å²) in [6.45, 7) is 0.452. The van der Waals surface area contributed by atoms with Crippen LogP contribution in [0.25, 0.3) is 0 Å². The molecule has 0 unspecified atom stereocenters. The normalized spacial score (nSPS) is 15.2. The molecule has 1 heterocycles. The summed E-state index contributed by atoms with van der Waals surface area (Å²) >= 11 is 0. The molecule has 0 spiro atoms. The van der Waals surface area contributed by atoms with Crippen LogP contribution in [-0.2, 0) is 26.0 Å². The van der Waals surface area contributed by atoms with Crippen molar-refractivity contribution in [3.63, 3.8) is 0 Å². The zero-order valence-electron chi connectivity index (χ0n) is 17.0. The Labute approximate surface area is 180 Å². The summed E-state index contributed by atoms with van der Waals surface area (Å²) in [4.78, 5) is 25.8. The molecule has 1 fully saturated rings. The maximum absolute atomic E-state index is 13.2. The Morgan fingerprint density at radius 2 is 1.90 bits per heavy atom. The Kier molecular flexibility index (Phi) is 7.01. The summed E-state index contributed by atoms with van der Waals surface area (Å²) in [5.41, 5.74) is 0.760. The Bertz CT molecular complexity index is 1120. The van der Waals surface area contributed by atoms with E-state index in [-0.39, 0.29) is 23.5 Å². The van der Waals surface area contributed by atoms with Crippen LogP contribution < -0.4 is 10.6 Å². The lowest BCUT2D eigenvalue weighted by Crippen LogP contribution is -2.33. The number of hydrogen-bond acceptors (Lipinski definition) is 4. The number of carbonyl (C=O) groups is 2. The second-order valence-corrected chi connectivity index (χ2v) is 8.77. The molecule has 1 aliphatic heterocycles. The fraction of sp³-hybridized carbons (Fsp3) is 0.286. The average Bonchev–Trinajstić information content (AvgIpc) is 3.10. The first-order valence-corrected chi connectivity index (χ1v) is 11.1. The number of halogens is 1. The summed E-state index contributed by atoms with van der Waals surface area (Å²) in [6.07, 6.45) is 1.39. The molecule has 2 aromatic rings. The van der Waals surface area contributed by atoms with Gasteiger partial charge in [0.1, 0.15) is 11.7 Å². The van der Waals surface area contributed by atoms with Crippen molar-refractivity contribution in [3.05, 3.63) is 59.9 Å². The largest absolute Gasteiger partial charge is 0.362 e. The van der Waals surface area contributed by atoms with Gasteiger partial charge in [0.25, 0.3) is 10.0 Å². The summed E-state index contributed by atoms with van der Waals surface area (Å²) < 4.78 is 42.2. The van der Waals surface area contributed by atoms with Gasteiger partial charge in [0, 0.05) is 25.7 Å². The lowest BCUT2D eigenvalue weighted by molar-refractivity contribution is -0.123. The molecule has 1 aliphatic rings. The van der Waals surface area contributed by atoms with Gasteiger partial charge in [-0.25, -0.2) is 4.39 Å². The summed E-state index contributed by atoms with van der Waals surface area (Å²) in [5.74, 6) is -0.893. The quantitative estimate of drug-likeness (QED) is 0.676. The number of hydrogen-bond donors (Lipinski definition) is 2. The number of nitrogens with zero attached hydrogens (tertiary/aromatic N) is 2. The molecule has 2 amide bonds. The monoisotopic (exact) mass is 446 g/mol. The van der Waals surface area contributed by atoms with Gasteiger partial charge in [-0.15, -0.1) is 4.40 Å². The fourth-order valence-corrected chi connectivity index (χ4v) is 4.25. The number of sulfonamides is 1. The number of amidine groups is 1. The predicted molar refractivity (Wildman–Crippen MR) is 115 cm³/mol. The number of nitrogens with one attached hydrogen (secondary N) is 2. The fourth-order valence-electron chi connectivity index (χ4n) is 3.11. The van der Waals surface area contributed by atoms with Crippen LogP contribution in [0.1, 0.15) is 18.4 Å². The highest BCUT2D eigenvalue weighted by molar-refractivity contribution is 7.90. The third-order valence-electron chi connectivity index (χ3n) is 4.68. The van der Waals surface area contributed by atoms with Crippen LogP contribution in [0.5, 0.6) is 0 Å². The third kappa shape index (κ3) is 6.35. The van der Waals surface area contributed by atoms with E-state index in [4.69, 9.17) is 0 Å². The van der Waals surface area contributed by atoms with E-state index in [1.807, 2.05) is 0 Å². The van der Waals surface area contributed by atoms with Crippen molar-refractivity contribution in [2.24, 2.45) is 4.40 Å². The Hall–Kier alpha value is -3.27. The van der Waals surface area contributed by atoms with E-state index in [9.17, 15) is 22.4 Å². The molecule has 0 radical (unpaired) electrons. The maximum atomic E-state index is 13.2. The predicted octanol–water partition coefficient (Wildman–Crippen LogP) is 1.94.